The highest BCUT2D eigenvalue weighted by Crippen LogP contribution is 2.26. The van der Waals surface area contributed by atoms with E-state index in [1.807, 2.05) is 24.3 Å². The number of piperazine rings is 1. The van der Waals surface area contributed by atoms with E-state index in [0.717, 1.165) is 57.3 Å². The number of nitrogens with one attached hydrogen (secondary N) is 1. The highest BCUT2D eigenvalue weighted by atomic mass is 35.5. The van der Waals surface area contributed by atoms with Gasteiger partial charge in [0.15, 0.2) is 0 Å². The summed E-state index contributed by atoms with van der Waals surface area (Å²) in [6.45, 7) is 7.16. The van der Waals surface area contributed by atoms with Gasteiger partial charge in [-0.15, -0.1) is 0 Å². The number of benzene rings is 1. The summed E-state index contributed by atoms with van der Waals surface area (Å²) in [4.78, 5) is 17.1. The number of nitrogens with zero attached hydrogens (tertiary/aromatic N) is 2. The lowest BCUT2D eigenvalue weighted by Gasteiger charge is -2.40. The van der Waals surface area contributed by atoms with Gasteiger partial charge in [-0.2, -0.15) is 0 Å². The van der Waals surface area contributed by atoms with E-state index in [0.29, 0.717) is 5.02 Å². The Kier molecular flexibility index (Phi) is 6.70. The molecular formula is C19H28ClN3O2. The second kappa shape index (κ2) is 8.99. The molecule has 5 nitrogen and oxygen atoms in total. The number of piperidine rings is 1. The summed E-state index contributed by atoms with van der Waals surface area (Å²) in [5.41, 5.74) is 0.907. The van der Waals surface area contributed by atoms with Crippen molar-refractivity contribution >= 4 is 17.6 Å². The van der Waals surface area contributed by atoms with Crippen molar-refractivity contribution in [3.05, 3.63) is 34.9 Å². The summed E-state index contributed by atoms with van der Waals surface area (Å²) in [7, 11) is 1.45. The molecule has 3 rings (SSSR count). The molecule has 6 heteroatoms. The molecule has 0 amide bonds. The molecule has 0 aliphatic carbocycles. The molecule has 2 saturated heterocycles. The number of halogens is 1. The van der Waals surface area contributed by atoms with E-state index >= 15 is 0 Å². The molecule has 0 radical (unpaired) electrons. The Morgan fingerprint density at radius 2 is 2.16 bits per heavy atom. The zero-order valence-electron chi connectivity index (χ0n) is 14.9. The van der Waals surface area contributed by atoms with E-state index in [4.69, 9.17) is 16.3 Å². The van der Waals surface area contributed by atoms with Crippen molar-refractivity contribution in [1.82, 2.24) is 15.1 Å². The zero-order chi connectivity index (χ0) is 17.6. The van der Waals surface area contributed by atoms with Crippen LogP contribution in [0, 0.1) is 5.92 Å². The van der Waals surface area contributed by atoms with Gasteiger partial charge in [-0.25, -0.2) is 4.79 Å². The largest absolute Gasteiger partial charge is 0.468 e. The monoisotopic (exact) mass is 365 g/mol. The smallest absolute Gasteiger partial charge is 0.327 e. The number of rotatable bonds is 5. The van der Waals surface area contributed by atoms with E-state index in [1.54, 1.807) is 0 Å². The summed E-state index contributed by atoms with van der Waals surface area (Å²) in [5, 5.41) is 4.14. The van der Waals surface area contributed by atoms with Gasteiger partial charge < -0.3 is 15.0 Å². The average Bonchev–Trinajstić information content (AvgIpc) is 2.64. The number of carbonyl (C=O) groups excluding carboxylic acids is 1. The Labute approximate surface area is 155 Å². The standard InChI is InChI=1S/C19H28ClN3O2/c1-25-19(24)18(16-5-2-6-17(20)12-16)23-10-8-22(9-11-23)14-15-4-3-7-21-13-15/h2,5-6,12,15,18,21H,3-4,7-11,13-14H2,1H3. The molecule has 0 saturated carbocycles. The Bertz CT molecular complexity index is 570. The maximum atomic E-state index is 12.4. The molecule has 2 atom stereocenters. The summed E-state index contributed by atoms with van der Waals surface area (Å²) in [5.74, 6) is 0.539. The molecule has 0 bridgehead atoms. The summed E-state index contributed by atoms with van der Waals surface area (Å²) < 4.78 is 5.06. The fourth-order valence-corrected chi connectivity index (χ4v) is 4.13. The highest BCUT2D eigenvalue weighted by Gasteiger charge is 2.32. The lowest BCUT2D eigenvalue weighted by molar-refractivity contribution is -0.148. The molecule has 2 aliphatic rings. The number of esters is 1. The number of carbonyl (C=O) groups is 1. The van der Waals surface area contributed by atoms with Gasteiger partial charge >= 0.3 is 5.97 Å². The predicted molar refractivity (Wildman–Crippen MR) is 99.8 cm³/mol. The molecule has 2 unspecified atom stereocenters. The van der Waals surface area contributed by atoms with Gasteiger partial charge in [0, 0.05) is 37.7 Å². The van der Waals surface area contributed by atoms with E-state index in [1.165, 1.54) is 20.0 Å². The van der Waals surface area contributed by atoms with Crippen molar-refractivity contribution in [2.75, 3.05) is 52.9 Å². The minimum Gasteiger partial charge on any atom is -0.468 e. The van der Waals surface area contributed by atoms with Crippen molar-refractivity contribution in [1.29, 1.82) is 0 Å². The molecule has 2 heterocycles. The van der Waals surface area contributed by atoms with Crippen LogP contribution >= 0.6 is 11.6 Å². The van der Waals surface area contributed by atoms with Gasteiger partial charge in [-0.3, -0.25) is 4.90 Å². The van der Waals surface area contributed by atoms with E-state index in [-0.39, 0.29) is 12.0 Å². The SMILES string of the molecule is COC(=O)C(c1cccc(Cl)c1)N1CCN(CC2CCCNC2)CC1. The van der Waals surface area contributed by atoms with Crippen molar-refractivity contribution in [3.8, 4) is 0 Å². The Balaban J connectivity index is 1.61. The summed E-state index contributed by atoms with van der Waals surface area (Å²) in [6.07, 6.45) is 2.60. The molecular weight excluding hydrogens is 338 g/mol. The zero-order valence-corrected chi connectivity index (χ0v) is 15.7. The van der Waals surface area contributed by atoms with Gasteiger partial charge in [-0.1, -0.05) is 23.7 Å². The minimum absolute atomic E-state index is 0.216. The lowest BCUT2D eigenvalue weighted by Crippen LogP contribution is -2.51. The van der Waals surface area contributed by atoms with Crippen LogP contribution in [0.1, 0.15) is 24.4 Å². The van der Waals surface area contributed by atoms with Crippen LogP contribution in [0.5, 0.6) is 0 Å². The first-order valence-electron chi connectivity index (χ1n) is 9.18. The summed E-state index contributed by atoms with van der Waals surface area (Å²) in [6, 6.07) is 7.16. The minimum atomic E-state index is -0.373. The topological polar surface area (TPSA) is 44.8 Å². The van der Waals surface area contributed by atoms with Crippen molar-refractivity contribution in [2.24, 2.45) is 5.92 Å². The fourth-order valence-electron chi connectivity index (χ4n) is 3.93. The molecule has 2 fully saturated rings. The van der Waals surface area contributed by atoms with Crippen molar-refractivity contribution in [2.45, 2.75) is 18.9 Å². The van der Waals surface area contributed by atoms with Gasteiger partial charge in [0.1, 0.15) is 6.04 Å². The molecule has 138 valence electrons. The molecule has 1 N–H and O–H groups in total. The average molecular weight is 366 g/mol. The maximum absolute atomic E-state index is 12.4. The van der Waals surface area contributed by atoms with E-state index in [2.05, 4.69) is 15.1 Å². The third-order valence-corrected chi connectivity index (χ3v) is 5.51. The molecule has 1 aromatic rings. The Morgan fingerprint density at radius 3 is 2.80 bits per heavy atom. The number of ether oxygens (including phenoxy) is 1. The van der Waals surface area contributed by atoms with Crippen LogP contribution in [0.25, 0.3) is 0 Å². The first kappa shape index (κ1) is 18.6. The lowest BCUT2D eigenvalue weighted by atomic mass is 9.98. The highest BCUT2D eigenvalue weighted by molar-refractivity contribution is 6.30. The molecule has 2 aliphatic heterocycles. The van der Waals surface area contributed by atoms with Gasteiger partial charge in [-0.05, 0) is 49.5 Å². The van der Waals surface area contributed by atoms with E-state index < -0.39 is 0 Å². The fraction of sp³-hybridized carbons (Fsp3) is 0.632. The first-order chi connectivity index (χ1) is 12.2. The molecule has 25 heavy (non-hydrogen) atoms. The van der Waals surface area contributed by atoms with Gasteiger partial charge in [0.2, 0.25) is 0 Å². The van der Waals surface area contributed by atoms with Crippen molar-refractivity contribution < 1.29 is 9.53 Å². The van der Waals surface area contributed by atoms with Crippen LogP contribution in [0.15, 0.2) is 24.3 Å². The second-order valence-corrected chi connectivity index (χ2v) is 7.47. The maximum Gasteiger partial charge on any atom is 0.327 e. The van der Waals surface area contributed by atoms with Crippen LogP contribution in [0.4, 0.5) is 0 Å². The quantitative estimate of drug-likeness (QED) is 0.810. The Morgan fingerprint density at radius 1 is 1.36 bits per heavy atom. The van der Waals surface area contributed by atoms with E-state index in [9.17, 15) is 4.79 Å². The number of hydrogen-bond acceptors (Lipinski definition) is 5. The van der Waals surface area contributed by atoms with Crippen LogP contribution in [-0.2, 0) is 9.53 Å². The third-order valence-electron chi connectivity index (χ3n) is 5.28. The summed E-state index contributed by atoms with van der Waals surface area (Å²) >= 11 is 6.12. The molecule has 0 aromatic heterocycles. The number of hydrogen-bond donors (Lipinski definition) is 1. The van der Waals surface area contributed by atoms with Crippen LogP contribution in [-0.4, -0.2) is 68.7 Å². The molecule has 0 spiro atoms. The third kappa shape index (κ3) is 4.94. The van der Waals surface area contributed by atoms with Crippen molar-refractivity contribution in [3.63, 3.8) is 0 Å². The predicted octanol–water partition coefficient (Wildman–Crippen LogP) is 2.17. The van der Waals surface area contributed by atoms with Gasteiger partial charge in [0.25, 0.3) is 0 Å². The van der Waals surface area contributed by atoms with Crippen LogP contribution < -0.4 is 5.32 Å². The normalized spacial score (nSPS) is 24.0. The van der Waals surface area contributed by atoms with Gasteiger partial charge in [0.05, 0.1) is 7.11 Å². The second-order valence-electron chi connectivity index (χ2n) is 7.03. The van der Waals surface area contributed by atoms with Crippen LogP contribution in [0.3, 0.4) is 0 Å². The number of methoxy groups -OCH3 is 1. The molecule has 1 aromatic carbocycles. The Hall–Kier alpha value is -1.14. The first-order valence-corrected chi connectivity index (χ1v) is 9.55. The van der Waals surface area contributed by atoms with Crippen LogP contribution in [0.2, 0.25) is 5.02 Å².